The number of benzene rings is 2. The molecule has 0 atom stereocenters. The minimum absolute atomic E-state index is 0.0505. The number of halogens is 2. The molecule has 0 unspecified atom stereocenters. The number of nitrogens with zero attached hydrogens (tertiary/aromatic N) is 5. The number of rotatable bonds is 7. The molecule has 1 saturated heterocycles. The highest BCUT2D eigenvalue weighted by Crippen LogP contribution is 2.36. The van der Waals surface area contributed by atoms with Gasteiger partial charge in [-0.1, -0.05) is 66.5 Å². The van der Waals surface area contributed by atoms with E-state index in [0.29, 0.717) is 38.4 Å². The second-order valence-corrected chi connectivity index (χ2v) is 11.0. The molecule has 1 aliphatic heterocycles. The third-order valence-electron chi connectivity index (χ3n) is 6.97. The van der Waals surface area contributed by atoms with Crippen LogP contribution in [0.5, 0.6) is 0 Å². The summed E-state index contributed by atoms with van der Waals surface area (Å²) < 4.78 is 6.90. The fraction of sp³-hybridized carbons (Fsp3) is 0.321. The molecule has 5 rings (SSSR count). The van der Waals surface area contributed by atoms with Gasteiger partial charge in [-0.05, 0) is 24.3 Å². The van der Waals surface area contributed by atoms with E-state index >= 15 is 0 Å². The van der Waals surface area contributed by atoms with E-state index < -0.39 is 17.4 Å². The number of nitrogens with two attached hydrogens (primary N) is 1. The molecule has 40 heavy (non-hydrogen) atoms. The Labute approximate surface area is 240 Å². The number of carbonyl (C=O) groups is 2. The summed E-state index contributed by atoms with van der Waals surface area (Å²) in [6.45, 7) is 4.29. The average Bonchev–Trinajstić information content (AvgIpc) is 3.56. The van der Waals surface area contributed by atoms with E-state index in [1.807, 2.05) is 13.8 Å². The van der Waals surface area contributed by atoms with Crippen LogP contribution in [-0.2, 0) is 16.8 Å². The lowest BCUT2D eigenvalue weighted by Gasteiger charge is -2.35. The fourth-order valence-electron chi connectivity index (χ4n) is 4.77. The highest BCUT2D eigenvalue weighted by Gasteiger charge is 2.41. The number of primary amides is 1. The van der Waals surface area contributed by atoms with Crippen molar-refractivity contribution in [3.05, 3.63) is 81.5 Å². The summed E-state index contributed by atoms with van der Waals surface area (Å²) in [7, 11) is 0. The Morgan fingerprint density at radius 3 is 2.38 bits per heavy atom. The van der Waals surface area contributed by atoms with Crippen LogP contribution in [0.25, 0.3) is 16.9 Å². The number of aromatic nitrogens is 4. The first kappa shape index (κ1) is 27.8. The first-order valence-corrected chi connectivity index (χ1v) is 13.6. The van der Waals surface area contributed by atoms with Crippen LogP contribution in [0.3, 0.4) is 0 Å². The first-order valence-electron chi connectivity index (χ1n) is 12.8. The van der Waals surface area contributed by atoms with Gasteiger partial charge in [-0.2, -0.15) is 10.1 Å². The van der Waals surface area contributed by atoms with Crippen molar-refractivity contribution in [1.82, 2.24) is 24.8 Å². The zero-order valence-electron chi connectivity index (χ0n) is 22.0. The molecule has 1 fully saturated rings. The Morgan fingerprint density at radius 1 is 1.10 bits per heavy atom. The lowest BCUT2D eigenvalue weighted by atomic mass is 9.91. The van der Waals surface area contributed by atoms with Gasteiger partial charge >= 0.3 is 0 Å². The lowest BCUT2D eigenvalue weighted by Crippen LogP contribution is -2.45. The highest BCUT2D eigenvalue weighted by molar-refractivity contribution is 6.32. The first-order chi connectivity index (χ1) is 19.1. The fourth-order valence-corrected chi connectivity index (χ4v) is 5.11. The maximum atomic E-state index is 13.9. The summed E-state index contributed by atoms with van der Waals surface area (Å²) in [5.74, 6) is -0.306. The number of amides is 2. The predicted octanol–water partition coefficient (Wildman–Crippen LogP) is 4.50. The molecule has 10 nitrogen and oxygen atoms in total. The van der Waals surface area contributed by atoms with Crippen LogP contribution in [0.15, 0.2) is 53.1 Å². The van der Waals surface area contributed by atoms with Gasteiger partial charge in [0.2, 0.25) is 5.91 Å². The quantitative estimate of drug-likeness (QED) is 0.326. The lowest BCUT2D eigenvalue weighted by molar-refractivity contribution is -0.117. The molecular weight excluding hydrogens is 555 g/mol. The SMILES string of the molecule is CC(C)c1noc(C2(O)CCN(C(=O)c3nn(-c4ccccc4Cl)c(-c4ccc(Cl)cc4)c3CC(N)=O)CC2)n1. The molecule has 0 aliphatic carbocycles. The molecule has 3 heterocycles. The molecule has 4 aromatic rings. The van der Waals surface area contributed by atoms with Crippen LogP contribution >= 0.6 is 23.2 Å². The number of hydrogen-bond acceptors (Lipinski definition) is 7. The van der Waals surface area contributed by atoms with Crippen molar-refractivity contribution in [2.24, 2.45) is 5.73 Å². The minimum Gasteiger partial charge on any atom is -0.380 e. The number of likely N-dealkylation sites (tertiary alicyclic amines) is 1. The Bertz CT molecular complexity index is 1560. The summed E-state index contributed by atoms with van der Waals surface area (Å²) in [6, 6.07) is 14.1. The van der Waals surface area contributed by atoms with Crippen LogP contribution < -0.4 is 5.73 Å². The zero-order chi connectivity index (χ0) is 28.6. The Morgan fingerprint density at radius 2 is 1.77 bits per heavy atom. The van der Waals surface area contributed by atoms with Gasteiger partial charge in [0.1, 0.15) is 5.60 Å². The molecule has 208 valence electrons. The number of para-hydroxylation sites is 1. The van der Waals surface area contributed by atoms with E-state index in [0.717, 1.165) is 0 Å². The Kier molecular flexibility index (Phi) is 7.67. The summed E-state index contributed by atoms with van der Waals surface area (Å²) in [4.78, 5) is 32.1. The van der Waals surface area contributed by atoms with Crippen molar-refractivity contribution >= 4 is 35.0 Å². The molecule has 0 radical (unpaired) electrons. The molecule has 2 amide bonds. The smallest absolute Gasteiger partial charge is 0.274 e. The largest absolute Gasteiger partial charge is 0.380 e. The summed E-state index contributed by atoms with van der Waals surface area (Å²) in [5.41, 5.74) is 6.46. The molecule has 2 aromatic carbocycles. The van der Waals surface area contributed by atoms with E-state index in [1.54, 1.807) is 58.1 Å². The maximum Gasteiger partial charge on any atom is 0.274 e. The van der Waals surface area contributed by atoms with Crippen molar-refractivity contribution < 1.29 is 19.2 Å². The number of hydrogen-bond donors (Lipinski definition) is 2. The van der Waals surface area contributed by atoms with E-state index in [1.165, 1.54) is 0 Å². The van der Waals surface area contributed by atoms with Gasteiger partial charge in [0.05, 0.1) is 22.8 Å². The van der Waals surface area contributed by atoms with Crippen LogP contribution in [0.2, 0.25) is 10.0 Å². The van der Waals surface area contributed by atoms with Crippen LogP contribution in [0.1, 0.15) is 60.4 Å². The molecular formula is C28H28Cl2N6O4. The molecule has 1 aliphatic rings. The topological polar surface area (TPSA) is 140 Å². The Hall–Kier alpha value is -3.73. The normalized spacial score (nSPS) is 15.0. The van der Waals surface area contributed by atoms with Gasteiger partial charge in [0, 0.05) is 48.0 Å². The highest BCUT2D eigenvalue weighted by atomic mass is 35.5. The van der Waals surface area contributed by atoms with Crippen LogP contribution in [0.4, 0.5) is 0 Å². The van der Waals surface area contributed by atoms with Gasteiger partial charge in [-0.3, -0.25) is 9.59 Å². The zero-order valence-corrected chi connectivity index (χ0v) is 23.5. The van der Waals surface area contributed by atoms with E-state index in [-0.39, 0.29) is 49.9 Å². The second-order valence-electron chi connectivity index (χ2n) is 10.1. The second kappa shape index (κ2) is 11.0. The van der Waals surface area contributed by atoms with Crippen molar-refractivity contribution in [3.8, 4) is 16.9 Å². The minimum atomic E-state index is -1.35. The standard InChI is InChI=1S/C28H28Cl2N6O4/c1-16(2)25-32-27(40-34-25)28(39)11-13-35(14-12-28)26(38)23-19(15-22(31)37)24(17-7-9-18(29)10-8-17)36(33-23)21-6-4-3-5-20(21)30/h3-10,16,39H,11-15H2,1-2H3,(H2,31,37). The van der Waals surface area contributed by atoms with Crippen molar-refractivity contribution in [2.75, 3.05) is 13.1 Å². The number of aliphatic hydroxyl groups is 1. The summed E-state index contributed by atoms with van der Waals surface area (Å²) >= 11 is 12.7. The summed E-state index contributed by atoms with van der Waals surface area (Å²) in [5, 5.41) is 20.8. The molecule has 0 spiro atoms. The molecule has 0 bridgehead atoms. The van der Waals surface area contributed by atoms with Crippen LogP contribution in [-0.4, -0.2) is 54.8 Å². The van der Waals surface area contributed by atoms with E-state index in [9.17, 15) is 14.7 Å². The van der Waals surface area contributed by atoms with E-state index in [2.05, 4.69) is 15.2 Å². The monoisotopic (exact) mass is 582 g/mol. The molecule has 12 heteroatoms. The third kappa shape index (κ3) is 5.34. The van der Waals surface area contributed by atoms with Crippen molar-refractivity contribution in [1.29, 1.82) is 0 Å². The Balaban J connectivity index is 1.53. The number of piperidine rings is 1. The van der Waals surface area contributed by atoms with Gasteiger partial charge in [-0.15, -0.1) is 0 Å². The van der Waals surface area contributed by atoms with Crippen LogP contribution in [0, 0.1) is 0 Å². The predicted molar refractivity (Wildman–Crippen MR) is 149 cm³/mol. The van der Waals surface area contributed by atoms with Gasteiger partial charge < -0.3 is 20.3 Å². The van der Waals surface area contributed by atoms with Crippen molar-refractivity contribution in [3.63, 3.8) is 0 Å². The summed E-state index contributed by atoms with van der Waals surface area (Å²) in [6.07, 6.45) is 0.166. The number of carbonyl (C=O) groups excluding carboxylic acids is 2. The third-order valence-corrected chi connectivity index (χ3v) is 7.54. The molecule has 3 N–H and O–H groups in total. The van der Waals surface area contributed by atoms with Crippen molar-refractivity contribution in [2.45, 2.75) is 44.6 Å². The van der Waals surface area contributed by atoms with E-state index in [4.69, 9.17) is 33.5 Å². The van der Waals surface area contributed by atoms with Gasteiger partial charge in [0.25, 0.3) is 11.8 Å². The average molecular weight is 583 g/mol. The van der Waals surface area contributed by atoms with Gasteiger partial charge in [-0.25, -0.2) is 4.68 Å². The molecule has 2 aromatic heterocycles. The maximum absolute atomic E-state index is 13.9. The van der Waals surface area contributed by atoms with Gasteiger partial charge in [0.15, 0.2) is 11.5 Å². The molecule has 0 saturated carbocycles.